The zero-order valence-electron chi connectivity index (χ0n) is 5.97. The van der Waals surface area contributed by atoms with Gasteiger partial charge in [0.2, 0.25) is 0 Å². The van der Waals surface area contributed by atoms with Crippen LogP contribution in [0.15, 0.2) is 18.7 Å². The molecule has 0 aliphatic carbocycles. The number of carboxylic acids is 1. The molecule has 0 amide bonds. The monoisotopic (exact) mass is 176 g/mol. The van der Waals surface area contributed by atoms with Crippen LogP contribution < -0.4 is 0 Å². The zero-order chi connectivity index (χ0) is 7.56. The Kier molecular flexibility index (Phi) is 3.60. The van der Waals surface area contributed by atoms with Crippen molar-refractivity contribution in [2.24, 2.45) is 0 Å². The van der Waals surface area contributed by atoms with Gasteiger partial charge in [-0.3, -0.25) is 0 Å². The first-order chi connectivity index (χ1) is 4.72. The van der Waals surface area contributed by atoms with Crippen molar-refractivity contribution in [1.29, 1.82) is 0 Å². The second-order valence-corrected chi connectivity index (χ2v) is 2.02. The van der Waals surface area contributed by atoms with Gasteiger partial charge < -0.3 is 9.67 Å². The molecule has 11 heavy (non-hydrogen) atoms. The normalized spacial score (nSPS) is 11.7. The fourth-order valence-electron chi connectivity index (χ4n) is 0.626. The maximum Gasteiger partial charge on any atom is 0.326 e. The third-order valence-corrected chi connectivity index (χ3v) is 1.33. The second kappa shape index (κ2) is 3.98. The maximum atomic E-state index is 10.3. The first-order valence-corrected chi connectivity index (χ1v) is 2.92. The van der Waals surface area contributed by atoms with Crippen molar-refractivity contribution in [1.82, 2.24) is 9.55 Å². The molecule has 1 aromatic rings. The molecular formula is C6H9ClN2O2. The lowest BCUT2D eigenvalue weighted by molar-refractivity contribution is -0.140. The van der Waals surface area contributed by atoms with Crippen LogP contribution in [0.5, 0.6) is 0 Å². The molecule has 0 unspecified atom stereocenters. The summed E-state index contributed by atoms with van der Waals surface area (Å²) in [5.41, 5.74) is 0. The Morgan fingerprint density at radius 2 is 2.36 bits per heavy atom. The third-order valence-electron chi connectivity index (χ3n) is 1.33. The lowest BCUT2D eigenvalue weighted by atomic mass is 10.3. The highest BCUT2D eigenvalue weighted by molar-refractivity contribution is 5.85. The van der Waals surface area contributed by atoms with Gasteiger partial charge in [0.25, 0.3) is 0 Å². The molecule has 1 atom stereocenters. The summed E-state index contributed by atoms with van der Waals surface area (Å²) in [5.74, 6) is -0.849. The molecule has 0 spiro atoms. The van der Waals surface area contributed by atoms with Gasteiger partial charge in [-0.15, -0.1) is 12.4 Å². The second-order valence-electron chi connectivity index (χ2n) is 2.02. The highest BCUT2D eigenvalue weighted by atomic mass is 35.5. The summed E-state index contributed by atoms with van der Waals surface area (Å²) < 4.78 is 1.53. The highest BCUT2D eigenvalue weighted by Crippen LogP contribution is 2.02. The smallest absolute Gasteiger partial charge is 0.326 e. The molecule has 1 N–H and O–H groups in total. The number of carboxylic acid groups (broad SMARTS) is 1. The molecule has 0 aliphatic heterocycles. The molecule has 0 aromatic carbocycles. The van der Waals surface area contributed by atoms with E-state index in [2.05, 4.69) is 4.98 Å². The molecule has 1 aromatic heterocycles. The van der Waals surface area contributed by atoms with Crippen molar-refractivity contribution in [3.8, 4) is 0 Å². The van der Waals surface area contributed by atoms with Crippen molar-refractivity contribution >= 4 is 18.4 Å². The first kappa shape index (κ1) is 9.97. The lowest BCUT2D eigenvalue weighted by Crippen LogP contribution is -2.13. The summed E-state index contributed by atoms with van der Waals surface area (Å²) in [7, 11) is 0. The fourth-order valence-corrected chi connectivity index (χ4v) is 0.626. The molecule has 0 bridgehead atoms. The van der Waals surface area contributed by atoms with Crippen LogP contribution in [-0.2, 0) is 4.79 Å². The summed E-state index contributed by atoms with van der Waals surface area (Å²) >= 11 is 0. The number of aromatic nitrogens is 2. The van der Waals surface area contributed by atoms with Gasteiger partial charge in [-0.2, -0.15) is 0 Å². The predicted molar refractivity (Wildman–Crippen MR) is 41.8 cm³/mol. The van der Waals surface area contributed by atoms with Crippen LogP contribution in [0, 0.1) is 0 Å². The van der Waals surface area contributed by atoms with Crippen molar-refractivity contribution in [3.05, 3.63) is 18.7 Å². The van der Waals surface area contributed by atoms with E-state index in [0.29, 0.717) is 0 Å². The van der Waals surface area contributed by atoms with E-state index in [0.717, 1.165) is 0 Å². The molecular weight excluding hydrogens is 168 g/mol. The molecule has 0 radical (unpaired) electrons. The van der Waals surface area contributed by atoms with Crippen LogP contribution in [0.3, 0.4) is 0 Å². The number of hydrogen-bond acceptors (Lipinski definition) is 2. The number of carbonyl (C=O) groups is 1. The third kappa shape index (κ3) is 2.23. The molecule has 1 heterocycles. The number of aliphatic carboxylic acids is 1. The minimum absolute atomic E-state index is 0. The summed E-state index contributed by atoms with van der Waals surface area (Å²) in [5, 5.41) is 8.51. The average Bonchev–Trinajstić information content (AvgIpc) is 2.36. The van der Waals surface area contributed by atoms with E-state index < -0.39 is 12.0 Å². The summed E-state index contributed by atoms with van der Waals surface area (Å²) in [6.45, 7) is 1.60. The SMILES string of the molecule is C[C@H](C(=O)O)n1ccnc1.Cl. The van der Waals surface area contributed by atoms with Gasteiger partial charge in [-0.05, 0) is 6.92 Å². The predicted octanol–water partition coefficient (Wildman–Crippen LogP) is 0.950. The van der Waals surface area contributed by atoms with Crippen LogP contribution in [0.25, 0.3) is 0 Å². The Morgan fingerprint density at radius 3 is 2.73 bits per heavy atom. The Morgan fingerprint density at radius 1 is 1.73 bits per heavy atom. The van der Waals surface area contributed by atoms with Gasteiger partial charge in [0.05, 0.1) is 6.33 Å². The summed E-state index contributed by atoms with van der Waals surface area (Å²) in [4.78, 5) is 14.1. The molecule has 0 fully saturated rings. The van der Waals surface area contributed by atoms with E-state index in [9.17, 15) is 4.79 Å². The van der Waals surface area contributed by atoms with Gasteiger partial charge >= 0.3 is 5.97 Å². The van der Waals surface area contributed by atoms with Gasteiger partial charge in [0, 0.05) is 12.4 Å². The van der Waals surface area contributed by atoms with E-state index in [1.807, 2.05) is 0 Å². The molecule has 4 nitrogen and oxygen atoms in total. The van der Waals surface area contributed by atoms with Crippen molar-refractivity contribution in [3.63, 3.8) is 0 Å². The molecule has 0 saturated heterocycles. The number of imidazole rings is 1. The number of halogens is 1. The zero-order valence-corrected chi connectivity index (χ0v) is 6.78. The summed E-state index contributed by atoms with van der Waals surface area (Å²) in [6, 6.07) is -0.525. The molecule has 0 aliphatic rings. The Balaban J connectivity index is 0.000001000. The topological polar surface area (TPSA) is 55.1 Å². The maximum absolute atomic E-state index is 10.3. The van der Waals surface area contributed by atoms with Crippen LogP contribution in [-0.4, -0.2) is 20.6 Å². The lowest BCUT2D eigenvalue weighted by Gasteiger charge is -2.05. The first-order valence-electron chi connectivity index (χ1n) is 2.92. The van der Waals surface area contributed by atoms with Crippen LogP contribution in [0.4, 0.5) is 0 Å². The van der Waals surface area contributed by atoms with E-state index in [4.69, 9.17) is 5.11 Å². The quantitative estimate of drug-likeness (QED) is 0.730. The summed E-state index contributed by atoms with van der Waals surface area (Å²) in [6.07, 6.45) is 4.66. The number of hydrogen-bond donors (Lipinski definition) is 1. The van der Waals surface area contributed by atoms with E-state index in [1.165, 1.54) is 10.9 Å². The molecule has 62 valence electrons. The fraction of sp³-hybridized carbons (Fsp3) is 0.333. The molecule has 5 heteroatoms. The van der Waals surface area contributed by atoms with Gasteiger partial charge in [0.15, 0.2) is 0 Å². The van der Waals surface area contributed by atoms with Crippen LogP contribution in [0.1, 0.15) is 13.0 Å². The molecule has 0 saturated carbocycles. The van der Waals surface area contributed by atoms with Gasteiger partial charge in [0.1, 0.15) is 6.04 Å². The standard InChI is InChI=1S/C6H8N2O2.ClH/c1-5(6(9)10)8-3-2-7-4-8;/h2-5H,1H3,(H,9,10);1H/t5-;/m1./s1. The van der Waals surface area contributed by atoms with E-state index in [-0.39, 0.29) is 12.4 Å². The molecule has 1 rings (SSSR count). The van der Waals surface area contributed by atoms with Crippen molar-refractivity contribution in [2.45, 2.75) is 13.0 Å². The number of rotatable bonds is 2. The highest BCUT2D eigenvalue weighted by Gasteiger charge is 2.10. The van der Waals surface area contributed by atoms with E-state index in [1.54, 1.807) is 19.3 Å². The van der Waals surface area contributed by atoms with E-state index >= 15 is 0 Å². The van der Waals surface area contributed by atoms with Crippen LogP contribution in [0.2, 0.25) is 0 Å². The average molecular weight is 177 g/mol. The van der Waals surface area contributed by atoms with Crippen molar-refractivity contribution < 1.29 is 9.90 Å². The minimum atomic E-state index is -0.849. The van der Waals surface area contributed by atoms with Gasteiger partial charge in [-0.25, -0.2) is 9.78 Å². The minimum Gasteiger partial charge on any atom is -0.480 e. The Labute approximate surface area is 70.3 Å². The van der Waals surface area contributed by atoms with Crippen molar-refractivity contribution in [2.75, 3.05) is 0 Å². The largest absolute Gasteiger partial charge is 0.480 e. The van der Waals surface area contributed by atoms with Gasteiger partial charge in [-0.1, -0.05) is 0 Å². The number of nitrogens with zero attached hydrogens (tertiary/aromatic N) is 2. The Bertz CT molecular complexity index is 222. The van der Waals surface area contributed by atoms with Crippen LogP contribution >= 0.6 is 12.4 Å². The Hall–Kier alpha value is -1.03.